The van der Waals surface area contributed by atoms with Gasteiger partial charge >= 0.3 is 0 Å². The molecule has 12 heteroatoms. The van der Waals surface area contributed by atoms with E-state index in [1.54, 1.807) is 24.3 Å². The van der Waals surface area contributed by atoms with E-state index in [1.165, 1.54) is 12.1 Å². The number of ether oxygens (including phenoxy) is 4. The topological polar surface area (TPSA) is 182 Å². The highest BCUT2D eigenvalue weighted by Crippen LogP contribution is 2.37. The van der Waals surface area contributed by atoms with E-state index in [0.717, 1.165) is 99.7 Å². The lowest BCUT2D eigenvalue weighted by atomic mass is 9.97. The van der Waals surface area contributed by atoms with Gasteiger partial charge in [0.1, 0.15) is 34.4 Å². The summed E-state index contributed by atoms with van der Waals surface area (Å²) >= 11 is 0. The zero-order valence-electron chi connectivity index (χ0n) is 40.1. The van der Waals surface area contributed by atoms with Crippen LogP contribution in [0.2, 0.25) is 0 Å². The zero-order chi connectivity index (χ0) is 47.6. The van der Waals surface area contributed by atoms with Gasteiger partial charge in [-0.3, -0.25) is 10.6 Å². The van der Waals surface area contributed by atoms with Gasteiger partial charge in [0.05, 0.1) is 38.6 Å². The van der Waals surface area contributed by atoms with Crippen molar-refractivity contribution >= 4 is 0 Å². The third-order valence-electron chi connectivity index (χ3n) is 12.4. The Kier molecular flexibility index (Phi) is 24.3. The van der Waals surface area contributed by atoms with E-state index in [1.807, 2.05) is 48.5 Å². The molecule has 0 aliphatic rings. The lowest BCUT2D eigenvalue weighted by Crippen LogP contribution is -2.46. The fourth-order valence-corrected chi connectivity index (χ4v) is 8.25. The van der Waals surface area contributed by atoms with Crippen molar-refractivity contribution in [3.63, 3.8) is 0 Å². The van der Waals surface area contributed by atoms with E-state index in [4.69, 9.17) is 18.9 Å². The van der Waals surface area contributed by atoms with Crippen LogP contribution in [0.5, 0.6) is 23.0 Å². The van der Waals surface area contributed by atoms with Crippen molar-refractivity contribution in [2.75, 3.05) is 39.5 Å². The van der Waals surface area contributed by atoms with Crippen molar-refractivity contribution in [1.29, 1.82) is 0 Å². The van der Waals surface area contributed by atoms with Crippen molar-refractivity contribution in [3.05, 3.63) is 118 Å². The van der Waals surface area contributed by atoms with Crippen LogP contribution in [0.1, 0.15) is 163 Å². The summed E-state index contributed by atoms with van der Waals surface area (Å²) in [5.74, 6) is 1.44. The summed E-state index contributed by atoms with van der Waals surface area (Å²) in [7, 11) is 0. The quantitative estimate of drug-likeness (QED) is 0.0162. The fourth-order valence-electron chi connectivity index (χ4n) is 8.25. The summed E-state index contributed by atoms with van der Waals surface area (Å²) in [6.45, 7) is 10.3. The first-order valence-electron chi connectivity index (χ1n) is 24.5. The van der Waals surface area contributed by atoms with Crippen LogP contribution in [0, 0.1) is 0 Å². The largest absolute Gasteiger partial charge is 0.508 e. The molecule has 0 aromatic heterocycles. The Hall–Kier alpha value is -4.24. The number of aromatic hydroxyl groups is 2. The molecule has 8 N–H and O–H groups in total. The third kappa shape index (κ3) is 16.2. The Morgan fingerprint density at radius 2 is 0.864 bits per heavy atom. The van der Waals surface area contributed by atoms with E-state index in [-0.39, 0.29) is 37.8 Å². The Morgan fingerprint density at radius 1 is 0.485 bits per heavy atom. The van der Waals surface area contributed by atoms with Gasteiger partial charge in [0.15, 0.2) is 0 Å². The van der Waals surface area contributed by atoms with Crippen molar-refractivity contribution in [2.24, 2.45) is 0 Å². The predicted octanol–water partition coefficient (Wildman–Crippen LogP) is 10.1. The summed E-state index contributed by atoms with van der Waals surface area (Å²) in [4.78, 5) is 0. The van der Waals surface area contributed by atoms with Crippen LogP contribution in [0.3, 0.4) is 0 Å². The summed E-state index contributed by atoms with van der Waals surface area (Å²) in [6, 6.07) is 25.4. The Bertz CT molecular complexity index is 1830. The molecule has 4 rings (SSSR count). The average molecular weight is 917 g/mol. The van der Waals surface area contributed by atoms with Gasteiger partial charge < -0.3 is 49.6 Å². The Balaban J connectivity index is 1.36. The highest BCUT2D eigenvalue weighted by Gasteiger charge is 2.36. The molecule has 0 saturated carbocycles. The van der Waals surface area contributed by atoms with Crippen LogP contribution in [0.25, 0.3) is 0 Å². The van der Waals surface area contributed by atoms with Crippen LogP contribution in [-0.4, -0.2) is 70.2 Å². The standard InChI is InChI=1S/C54H80N2O10/c1-5-9-11-21-33-65-53(7-3,55-37-49(61)41-27-29-47(59)43(35-41)39-57)45-23-15-17-25-51(45)63-31-19-13-14-20-32-64-52-26-18-16-24-46(52)54(8-4,66-34-22-12-10-6-2)56-38-50(62)42-28-30-48(60)44(36-42)40-58/h15-18,23-30,35-36,49-50,55-62H,5-14,19-22,31-34,37-40H2,1-4H3. The molecule has 0 fully saturated rings. The molecule has 0 radical (unpaired) electrons. The second-order valence-corrected chi connectivity index (χ2v) is 17.2. The second kappa shape index (κ2) is 29.5. The molecule has 0 spiro atoms. The Morgan fingerprint density at radius 3 is 1.24 bits per heavy atom. The maximum atomic E-state index is 11.2. The van der Waals surface area contributed by atoms with Crippen LogP contribution in [0.15, 0.2) is 84.9 Å². The number of hydrogen-bond donors (Lipinski definition) is 8. The number of aliphatic hydroxyl groups is 4. The predicted molar refractivity (Wildman–Crippen MR) is 260 cm³/mol. The molecule has 0 amide bonds. The van der Waals surface area contributed by atoms with Gasteiger partial charge in [-0.25, -0.2) is 0 Å². The maximum Gasteiger partial charge on any atom is 0.148 e. The number of nitrogens with one attached hydrogen (secondary N) is 2. The highest BCUT2D eigenvalue weighted by atomic mass is 16.5. The van der Waals surface area contributed by atoms with E-state index < -0.39 is 23.7 Å². The number of unbranched alkanes of at least 4 members (excludes halogenated alkanes) is 9. The highest BCUT2D eigenvalue weighted by molar-refractivity contribution is 5.41. The minimum Gasteiger partial charge on any atom is -0.508 e. The molecule has 4 aromatic carbocycles. The molecular formula is C54H80N2O10. The summed E-state index contributed by atoms with van der Waals surface area (Å²) in [5, 5.41) is 69.1. The van der Waals surface area contributed by atoms with E-state index in [0.29, 0.717) is 61.5 Å². The van der Waals surface area contributed by atoms with Crippen LogP contribution >= 0.6 is 0 Å². The second-order valence-electron chi connectivity index (χ2n) is 17.2. The summed E-state index contributed by atoms with van der Waals surface area (Å²) in [6.07, 6.45) is 11.4. The first-order chi connectivity index (χ1) is 32.1. The van der Waals surface area contributed by atoms with Crippen LogP contribution in [0.4, 0.5) is 0 Å². The van der Waals surface area contributed by atoms with Gasteiger partial charge in [-0.2, -0.15) is 0 Å². The normalized spacial score (nSPS) is 14.4. The molecule has 12 nitrogen and oxygen atoms in total. The van der Waals surface area contributed by atoms with Gasteiger partial charge in [-0.1, -0.05) is 115 Å². The van der Waals surface area contributed by atoms with Crippen LogP contribution < -0.4 is 20.1 Å². The van der Waals surface area contributed by atoms with Gasteiger partial charge in [0.25, 0.3) is 0 Å². The molecule has 0 heterocycles. The van der Waals surface area contributed by atoms with E-state index in [2.05, 4.69) is 38.3 Å². The van der Waals surface area contributed by atoms with Gasteiger partial charge in [-0.15, -0.1) is 0 Å². The molecule has 0 aliphatic carbocycles. The molecule has 0 bridgehead atoms. The Labute approximate surface area is 394 Å². The van der Waals surface area contributed by atoms with Gasteiger partial charge in [0, 0.05) is 48.6 Å². The SMILES string of the molecule is CCCCCCOC(CC)(NCC(O)c1ccc(O)c(CO)c1)c1ccccc1OCCCCCCOc1ccccc1C(CC)(NCC(O)c1ccc(O)c(CO)c1)OCCCCCC. The first kappa shape index (κ1) is 54.4. The molecular weight excluding hydrogens is 837 g/mol. The zero-order valence-corrected chi connectivity index (χ0v) is 40.1. The van der Waals surface area contributed by atoms with Gasteiger partial charge in [0.2, 0.25) is 0 Å². The molecule has 4 atom stereocenters. The molecule has 0 aliphatic heterocycles. The maximum absolute atomic E-state index is 11.2. The van der Waals surface area contributed by atoms with Crippen molar-refractivity contribution in [3.8, 4) is 23.0 Å². The number of phenols is 2. The number of para-hydroxylation sites is 2. The lowest BCUT2D eigenvalue weighted by Gasteiger charge is -2.36. The van der Waals surface area contributed by atoms with Crippen LogP contribution in [-0.2, 0) is 34.1 Å². The first-order valence-corrected chi connectivity index (χ1v) is 24.5. The number of rotatable bonds is 35. The minimum atomic E-state index is -0.921. The molecule has 0 saturated heterocycles. The average Bonchev–Trinajstić information content (AvgIpc) is 3.34. The molecule has 4 unspecified atom stereocenters. The van der Waals surface area contributed by atoms with Gasteiger partial charge in [-0.05, 0) is 98.9 Å². The lowest BCUT2D eigenvalue weighted by molar-refractivity contribution is -0.0883. The number of hydrogen-bond acceptors (Lipinski definition) is 12. The fraction of sp³-hybridized carbons (Fsp3) is 0.556. The van der Waals surface area contributed by atoms with Crippen molar-refractivity contribution < 1.29 is 49.6 Å². The van der Waals surface area contributed by atoms with Crippen molar-refractivity contribution in [2.45, 2.75) is 154 Å². The van der Waals surface area contributed by atoms with E-state index >= 15 is 0 Å². The molecule has 366 valence electrons. The number of benzene rings is 4. The smallest absolute Gasteiger partial charge is 0.148 e. The monoisotopic (exact) mass is 917 g/mol. The number of aliphatic hydroxyl groups excluding tert-OH is 4. The van der Waals surface area contributed by atoms with E-state index in [9.17, 15) is 30.6 Å². The minimum absolute atomic E-state index is 0.0102. The summed E-state index contributed by atoms with van der Waals surface area (Å²) in [5.41, 5.74) is 1.80. The molecule has 66 heavy (non-hydrogen) atoms. The third-order valence-corrected chi connectivity index (χ3v) is 12.4. The van der Waals surface area contributed by atoms with Crippen molar-refractivity contribution in [1.82, 2.24) is 10.6 Å². The summed E-state index contributed by atoms with van der Waals surface area (Å²) < 4.78 is 26.3. The molecule has 4 aromatic rings.